The largest absolute Gasteiger partial charge is 0.492 e. The molecular formula is C19H33N5O2. The number of ether oxygens (including phenoxy) is 2. The van der Waals surface area contributed by atoms with Crippen LogP contribution < -0.4 is 15.8 Å². The van der Waals surface area contributed by atoms with Crippen molar-refractivity contribution in [1.29, 1.82) is 0 Å². The molecule has 7 nitrogen and oxygen atoms in total. The molecule has 1 saturated heterocycles. The van der Waals surface area contributed by atoms with Crippen molar-refractivity contribution in [2.45, 2.75) is 13.0 Å². The molecular weight excluding hydrogens is 330 g/mol. The number of hydrogen-bond donors (Lipinski definition) is 2. The van der Waals surface area contributed by atoms with Crippen molar-refractivity contribution in [1.82, 2.24) is 15.1 Å². The third kappa shape index (κ3) is 8.03. The molecule has 0 unspecified atom stereocenters. The number of nitrogens with zero attached hydrogens (tertiary/aromatic N) is 3. The molecule has 3 N–H and O–H groups in total. The number of aliphatic imine (C=N–C) groups is 1. The van der Waals surface area contributed by atoms with Crippen molar-refractivity contribution in [3.63, 3.8) is 0 Å². The van der Waals surface area contributed by atoms with Crippen LogP contribution in [0.1, 0.15) is 12.0 Å². The van der Waals surface area contributed by atoms with Gasteiger partial charge in [0.2, 0.25) is 0 Å². The van der Waals surface area contributed by atoms with Crippen LogP contribution >= 0.6 is 0 Å². The molecule has 0 amide bonds. The van der Waals surface area contributed by atoms with E-state index in [1.54, 1.807) is 0 Å². The molecule has 0 aliphatic carbocycles. The third-order valence-corrected chi connectivity index (χ3v) is 4.25. The van der Waals surface area contributed by atoms with Gasteiger partial charge in [-0.15, -0.1) is 0 Å². The van der Waals surface area contributed by atoms with Gasteiger partial charge in [0.25, 0.3) is 0 Å². The Labute approximate surface area is 157 Å². The van der Waals surface area contributed by atoms with Crippen molar-refractivity contribution in [3.05, 3.63) is 29.8 Å². The molecule has 1 aromatic carbocycles. The van der Waals surface area contributed by atoms with Crippen LogP contribution in [0.3, 0.4) is 0 Å². The molecule has 0 spiro atoms. The van der Waals surface area contributed by atoms with Crippen LogP contribution in [0.25, 0.3) is 0 Å². The molecule has 146 valence electrons. The molecule has 1 fully saturated rings. The summed E-state index contributed by atoms with van der Waals surface area (Å²) >= 11 is 0. The Morgan fingerprint density at radius 3 is 2.85 bits per heavy atom. The first-order chi connectivity index (χ1) is 12.6. The van der Waals surface area contributed by atoms with Gasteiger partial charge in [0.15, 0.2) is 5.96 Å². The fraction of sp³-hybridized carbons (Fsp3) is 0.632. The molecule has 0 radical (unpaired) electrons. The van der Waals surface area contributed by atoms with Gasteiger partial charge in [0, 0.05) is 31.7 Å². The number of para-hydroxylation sites is 1. The molecule has 1 aliphatic heterocycles. The van der Waals surface area contributed by atoms with E-state index in [1.165, 1.54) is 0 Å². The highest BCUT2D eigenvalue weighted by Crippen LogP contribution is 2.18. The van der Waals surface area contributed by atoms with Crippen LogP contribution in [0.15, 0.2) is 29.3 Å². The van der Waals surface area contributed by atoms with E-state index in [9.17, 15) is 0 Å². The molecule has 0 bridgehead atoms. The lowest BCUT2D eigenvalue weighted by atomic mass is 10.2. The van der Waals surface area contributed by atoms with E-state index in [0.717, 1.165) is 63.7 Å². The van der Waals surface area contributed by atoms with E-state index < -0.39 is 0 Å². The minimum absolute atomic E-state index is 0.482. The average molecular weight is 364 g/mol. The van der Waals surface area contributed by atoms with Crippen LogP contribution in [0.5, 0.6) is 5.75 Å². The first-order valence-electron chi connectivity index (χ1n) is 9.34. The van der Waals surface area contributed by atoms with E-state index >= 15 is 0 Å². The Bertz CT molecular complexity index is 544. The molecule has 1 aliphatic rings. The third-order valence-electron chi connectivity index (χ3n) is 4.25. The second-order valence-electron chi connectivity index (χ2n) is 6.70. The van der Waals surface area contributed by atoms with E-state index in [1.807, 2.05) is 38.4 Å². The first kappa shape index (κ1) is 20.5. The van der Waals surface area contributed by atoms with Crippen LogP contribution in [-0.2, 0) is 11.3 Å². The summed E-state index contributed by atoms with van der Waals surface area (Å²) in [6.45, 7) is 7.66. The van der Waals surface area contributed by atoms with Gasteiger partial charge in [0.1, 0.15) is 12.4 Å². The fourth-order valence-electron chi connectivity index (χ4n) is 2.68. The number of benzene rings is 1. The van der Waals surface area contributed by atoms with Gasteiger partial charge in [-0.25, -0.2) is 4.99 Å². The number of rotatable bonds is 10. The zero-order valence-corrected chi connectivity index (χ0v) is 16.1. The molecule has 1 aromatic rings. The van der Waals surface area contributed by atoms with Crippen molar-refractivity contribution in [2.75, 3.05) is 66.6 Å². The molecule has 0 atom stereocenters. The van der Waals surface area contributed by atoms with Gasteiger partial charge in [-0.05, 0) is 33.1 Å². The average Bonchev–Trinajstić information content (AvgIpc) is 2.65. The van der Waals surface area contributed by atoms with Crippen LogP contribution in [-0.4, -0.2) is 82.4 Å². The molecule has 1 heterocycles. The molecule has 2 rings (SSSR count). The molecule has 0 aromatic heterocycles. The fourth-order valence-corrected chi connectivity index (χ4v) is 2.68. The highest BCUT2D eigenvalue weighted by Gasteiger charge is 2.09. The van der Waals surface area contributed by atoms with Crippen LogP contribution in [0, 0.1) is 0 Å². The van der Waals surface area contributed by atoms with Crippen molar-refractivity contribution < 1.29 is 9.47 Å². The van der Waals surface area contributed by atoms with Crippen LogP contribution in [0.2, 0.25) is 0 Å². The Balaban J connectivity index is 1.70. The lowest BCUT2D eigenvalue weighted by Gasteiger charge is -2.26. The Kier molecular flexibility index (Phi) is 9.23. The molecule has 0 saturated carbocycles. The minimum atomic E-state index is 0.482. The standard InChI is InChI=1S/C19H33N5O2/c1-23(2)10-15-26-18-7-4-3-6-17(18)16-22-19(20)21-8-5-9-24-11-13-25-14-12-24/h3-4,6-7H,5,8-16H2,1-2H3,(H3,20,21,22). The normalized spacial score (nSPS) is 16.0. The number of hydrogen-bond acceptors (Lipinski definition) is 5. The highest BCUT2D eigenvalue weighted by molar-refractivity contribution is 5.77. The second-order valence-corrected chi connectivity index (χ2v) is 6.70. The minimum Gasteiger partial charge on any atom is -0.492 e. The van der Waals surface area contributed by atoms with E-state index in [4.69, 9.17) is 15.2 Å². The predicted molar refractivity (Wildman–Crippen MR) is 106 cm³/mol. The summed E-state index contributed by atoms with van der Waals surface area (Å²) in [6.07, 6.45) is 1.04. The van der Waals surface area contributed by atoms with Gasteiger partial charge in [-0.1, -0.05) is 18.2 Å². The summed E-state index contributed by atoms with van der Waals surface area (Å²) in [5.74, 6) is 1.35. The van der Waals surface area contributed by atoms with Gasteiger partial charge in [-0.2, -0.15) is 0 Å². The smallest absolute Gasteiger partial charge is 0.188 e. The zero-order chi connectivity index (χ0) is 18.6. The lowest BCUT2D eigenvalue weighted by Crippen LogP contribution is -2.39. The van der Waals surface area contributed by atoms with E-state index in [-0.39, 0.29) is 0 Å². The number of nitrogens with two attached hydrogens (primary N) is 1. The SMILES string of the molecule is CN(C)CCOc1ccccc1CN=C(N)NCCCN1CCOCC1. The summed E-state index contributed by atoms with van der Waals surface area (Å²) in [4.78, 5) is 8.96. The lowest BCUT2D eigenvalue weighted by molar-refractivity contribution is 0.0376. The summed E-state index contributed by atoms with van der Waals surface area (Å²) in [7, 11) is 4.07. The number of guanidine groups is 1. The van der Waals surface area contributed by atoms with Gasteiger partial charge >= 0.3 is 0 Å². The Morgan fingerprint density at radius 2 is 2.08 bits per heavy atom. The van der Waals surface area contributed by atoms with Crippen molar-refractivity contribution in [3.8, 4) is 5.75 Å². The number of likely N-dealkylation sites (N-methyl/N-ethyl adjacent to an activating group) is 1. The number of nitrogens with one attached hydrogen (secondary N) is 1. The summed E-state index contributed by atoms with van der Waals surface area (Å²) in [6, 6.07) is 7.98. The maximum atomic E-state index is 5.99. The summed E-state index contributed by atoms with van der Waals surface area (Å²) in [5, 5.41) is 3.19. The second kappa shape index (κ2) is 11.7. The Hall–Kier alpha value is -1.83. The predicted octanol–water partition coefficient (Wildman–Crippen LogP) is 0.754. The van der Waals surface area contributed by atoms with Gasteiger partial charge in [0.05, 0.1) is 19.8 Å². The first-order valence-corrected chi connectivity index (χ1v) is 9.34. The van der Waals surface area contributed by atoms with Crippen molar-refractivity contribution >= 4 is 5.96 Å². The quantitative estimate of drug-likeness (QED) is 0.363. The topological polar surface area (TPSA) is 75.3 Å². The van der Waals surface area contributed by atoms with Gasteiger partial charge < -0.3 is 25.4 Å². The van der Waals surface area contributed by atoms with E-state index in [0.29, 0.717) is 19.1 Å². The maximum Gasteiger partial charge on any atom is 0.188 e. The monoisotopic (exact) mass is 363 g/mol. The van der Waals surface area contributed by atoms with Gasteiger partial charge in [-0.3, -0.25) is 4.90 Å². The van der Waals surface area contributed by atoms with Crippen LogP contribution in [0.4, 0.5) is 0 Å². The molecule has 7 heteroatoms. The highest BCUT2D eigenvalue weighted by atomic mass is 16.5. The van der Waals surface area contributed by atoms with E-state index in [2.05, 4.69) is 20.1 Å². The number of morpholine rings is 1. The van der Waals surface area contributed by atoms with Crippen molar-refractivity contribution in [2.24, 2.45) is 10.7 Å². The Morgan fingerprint density at radius 1 is 1.31 bits per heavy atom. The maximum absolute atomic E-state index is 5.99. The molecule has 26 heavy (non-hydrogen) atoms. The summed E-state index contributed by atoms with van der Waals surface area (Å²) < 4.78 is 11.2. The zero-order valence-electron chi connectivity index (χ0n) is 16.1. The summed E-state index contributed by atoms with van der Waals surface area (Å²) in [5.41, 5.74) is 7.03.